The molecule has 0 fully saturated rings. The first-order valence-corrected chi connectivity index (χ1v) is 4.70. The van der Waals surface area contributed by atoms with Crippen LogP contribution in [0.1, 0.15) is 23.0 Å². The molecule has 0 atom stereocenters. The second kappa shape index (κ2) is 4.30. The number of hydrogen-bond donors (Lipinski definition) is 0. The van der Waals surface area contributed by atoms with Gasteiger partial charge in [0.15, 0.2) is 0 Å². The molecule has 0 N–H and O–H groups in total. The molecule has 0 amide bonds. The summed E-state index contributed by atoms with van der Waals surface area (Å²) in [6, 6.07) is 1.66. The molecular weight excluding hydrogens is 224 g/mol. The zero-order valence-corrected chi connectivity index (χ0v) is 8.26. The first-order chi connectivity index (χ1) is 5.77. The summed E-state index contributed by atoms with van der Waals surface area (Å²) in [5.41, 5.74) is 0.464. The summed E-state index contributed by atoms with van der Waals surface area (Å²) in [4.78, 5) is 11.1. The number of furan rings is 1. The molecular formula is C8H9BrO3. The third-order valence-electron chi connectivity index (χ3n) is 1.30. The molecule has 0 unspecified atom stereocenters. The Morgan fingerprint density at radius 2 is 2.50 bits per heavy atom. The molecule has 66 valence electrons. The van der Waals surface area contributed by atoms with Gasteiger partial charge < -0.3 is 9.15 Å². The SMILES string of the molecule is CCOC(=O)c1coc(CBr)c1. The molecule has 0 saturated heterocycles. The van der Waals surface area contributed by atoms with E-state index < -0.39 is 0 Å². The third-order valence-corrected chi connectivity index (χ3v) is 1.85. The lowest BCUT2D eigenvalue weighted by Crippen LogP contribution is -2.02. The Labute approximate surface area is 78.8 Å². The van der Waals surface area contributed by atoms with Gasteiger partial charge in [0.05, 0.1) is 17.5 Å². The predicted molar refractivity (Wildman–Crippen MR) is 47.3 cm³/mol. The fourth-order valence-electron chi connectivity index (χ4n) is 0.772. The number of carbonyl (C=O) groups excluding carboxylic acids is 1. The number of esters is 1. The number of alkyl halides is 1. The van der Waals surface area contributed by atoms with Crippen LogP contribution in [-0.2, 0) is 10.1 Å². The van der Waals surface area contributed by atoms with Gasteiger partial charge >= 0.3 is 5.97 Å². The highest BCUT2D eigenvalue weighted by Crippen LogP contribution is 2.11. The summed E-state index contributed by atoms with van der Waals surface area (Å²) in [5, 5.41) is 0.604. The van der Waals surface area contributed by atoms with Gasteiger partial charge in [-0.05, 0) is 13.0 Å². The van der Waals surface area contributed by atoms with Crippen LogP contribution < -0.4 is 0 Å². The molecule has 0 aliphatic rings. The number of hydrogen-bond acceptors (Lipinski definition) is 3. The molecule has 0 aromatic carbocycles. The molecule has 1 aromatic rings. The van der Waals surface area contributed by atoms with Crippen molar-refractivity contribution in [1.82, 2.24) is 0 Å². The van der Waals surface area contributed by atoms with Crippen molar-refractivity contribution >= 4 is 21.9 Å². The molecule has 0 bridgehead atoms. The van der Waals surface area contributed by atoms with Crippen molar-refractivity contribution in [2.75, 3.05) is 6.61 Å². The zero-order valence-electron chi connectivity index (χ0n) is 6.67. The Morgan fingerprint density at radius 1 is 1.75 bits per heavy atom. The van der Waals surface area contributed by atoms with Crippen LogP contribution in [0, 0.1) is 0 Å². The van der Waals surface area contributed by atoms with Crippen molar-refractivity contribution in [3.8, 4) is 0 Å². The Bertz CT molecular complexity index is 267. The van der Waals surface area contributed by atoms with Gasteiger partial charge in [0.2, 0.25) is 0 Å². The van der Waals surface area contributed by atoms with Crippen LogP contribution in [0.3, 0.4) is 0 Å². The number of carbonyl (C=O) groups is 1. The maximum atomic E-state index is 11.1. The van der Waals surface area contributed by atoms with E-state index in [4.69, 9.17) is 9.15 Å². The number of rotatable bonds is 3. The van der Waals surface area contributed by atoms with E-state index in [0.29, 0.717) is 17.5 Å². The molecule has 4 heteroatoms. The maximum absolute atomic E-state index is 11.1. The van der Waals surface area contributed by atoms with Gasteiger partial charge in [0.25, 0.3) is 0 Å². The van der Waals surface area contributed by atoms with Crippen molar-refractivity contribution in [2.24, 2.45) is 0 Å². The van der Waals surface area contributed by atoms with E-state index in [1.54, 1.807) is 13.0 Å². The summed E-state index contributed by atoms with van der Waals surface area (Å²) in [7, 11) is 0. The lowest BCUT2D eigenvalue weighted by Gasteiger charge is -1.95. The molecule has 0 spiro atoms. The van der Waals surface area contributed by atoms with Crippen molar-refractivity contribution in [2.45, 2.75) is 12.3 Å². The second-order valence-corrected chi connectivity index (χ2v) is 2.72. The van der Waals surface area contributed by atoms with Gasteiger partial charge in [0.1, 0.15) is 12.0 Å². The van der Waals surface area contributed by atoms with Crippen molar-refractivity contribution in [3.63, 3.8) is 0 Å². The van der Waals surface area contributed by atoms with E-state index in [0.717, 1.165) is 5.76 Å². The monoisotopic (exact) mass is 232 g/mol. The standard InChI is InChI=1S/C8H9BrO3/c1-2-11-8(10)6-3-7(4-9)12-5-6/h3,5H,2,4H2,1H3. The molecule has 1 rings (SSSR count). The average Bonchev–Trinajstić information content (AvgIpc) is 2.52. The van der Waals surface area contributed by atoms with E-state index in [2.05, 4.69) is 15.9 Å². The minimum absolute atomic E-state index is 0.339. The van der Waals surface area contributed by atoms with E-state index >= 15 is 0 Å². The summed E-state index contributed by atoms with van der Waals surface area (Å²) in [6.07, 6.45) is 1.40. The summed E-state index contributed by atoms with van der Waals surface area (Å²) in [5.74, 6) is 0.381. The van der Waals surface area contributed by atoms with Crippen molar-refractivity contribution in [3.05, 3.63) is 23.7 Å². The molecule has 0 aliphatic carbocycles. The smallest absolute Gasteiger partial charge is 0.341 e. The highest BCUT2D eigenvalue weighted by molar-refractivity contribution is 9.08. The minimum atomic E-state index is -0.339. The van der Waals surface area contributed by atoms with E-state index in [1.165, 1.54) is 6.26 Å². The average molecular weight is 233 g/mol. The molecule has 0 aliphatic heterocycles. The van der Waals surface area contributed by atoms with Crippen LogP contribution in [0.25, 0.3) is 0 Å². The van der Waals surface area contributed by atoms with Crippen LogP contribution in [0.5, 0.6) is 0 Å². The Kier molecular flexibility index (Phi) is 3.34. The van der Waals surface area contributed by atoms with Gasteiger partial charge in [0, 0.05) is 0 Å². The highest BCUT2D eigenvalue weighted by Gasteiger charge is 2.09. The molecule has 0 radical (unpaired) electrons. The summed E-state index contributed by atoms with van der Waals surface area (Å²) in [6.45, 7) is 2.15. The topological polar surface area (TPSA) is 39.4 Å². The van der Waals surface area contributed by atoms with Crippen LogP contribution >= 0.6 is 15.9 Å². The summed E-state index contributed by atoms with van der Waals surface area (Å²) < 4.78 is 9.81. The predicted octanol–water partition coefficient (Wildman–Crippen LogP) is 2.35. The van der Waals surface area contributed by atoms with Gasteiger partial charge in [-0.1, -0.05) is 15.9 Å². The van der Waals surface area contributed by atoms with Crippen LogP contribution in [0.2, 0.25) is 0 Å². The number of halogens is 1. The van der Waals surface area contributed by atoms with Gasteiger partial charge in [-0.15, -0.1) is 0 Å². The lowest BCUT2D eigenvalue weighted by atomic mass is 10.3. The Balaban J connectivity index is 2.68. The Morgan fingerprint density at radius 3 is 3.00 bits per heavy atom. The second-order valence-electron chi connectivity index (χ2n) is 2.16. The lowest BCUT2D eigenvalue weighted by molar-refractivity contribution is 0.0525. The minimum Gasteiger partial charge on any atom is -0.468 e. The molecule has 1 aromatic heterocycles. The molecule has 12 heavy (non-hydrogen) atoms. The van der Waals surface area contributed by atoms with Gasteiger partial charge in [-0.3, -0.25) is 0 Å². The van der Waals surface area contributed by atoms with Crippen molar-refractivity contribution in [1.29, 1.82) is 0 Å². The largest absolute Gasteiger partial charge is 0.468 e. The molecule has 0 saturated carbocycles. The van der Waals surface area contributed by atoms with E-state index in [9.17, 15) is 4.79 Å². The van der Waals surface area contributed by atoms with E-state index in [-0.39, 0.29) is 5.97 Å². The number of ether oxygens (including phenoxy) is 1. The molecule has 3 nitrogen and oxygen atoms in total. The summed E-state index contributed by atoms with van der Waals surface area (Å²) >= 11 is 3.21. The van der Waals surface area contributed by atoms with E-state index in [1.807, 2.05) is 0 Å². The van der Waals surface area contributed by atoms with Crippen LogP contribution in [0.15, 0.2) is 16.7 Å². The highest BCUT2D eigenvalue weighted by atomic mass is 79.9. The fraction of sp³-hybridized carbons (Fsp3) is 0.375. The first kappa shape index (κ1) is 9.32. The van der Waals surface area contributed by atoms with Gasteiger partial charge in [-0.2, -0.15) is 0 Å². The normalized spacial score (nSPS) is 9.83. The first-order valence-electron chi connectivity index (χ1n) is 3.58. The zero-order chi connectivity index (χ0) is 8.97. The van der Waals surface area contributed by atoms with Gasteiger partial charge in [-0.25, -0.2) is 4.79 Å². The third kappa shape index (κ3) is 2.11. The van der Waals surface area contributed by atoms with Crippen molar-refractivity contribution < 1.29 is 13.9 Å². The van der Waals surface area contributed by atoms with Crippen LogP contribution in [0.4, 0.5) is 0 Å². The maximum Gasteiger partial charge on any atom is 0.341 e. The molecule has 1 heterocycles. The Hall–Kier alpha value is -0.770. The quantitative estimate of drug-likeness (QED) is 0.594. The fourth-order valence-corrected chi connectivity index (χ4v) is 1.07. The van der Waals surface area contributed by atoms with Crippen LogP contribution in [-0.4, -0.2) is 12.6 Å².